The topological polar surface area (TPSA) is 59.0 Å². The Hall–Kier alpha value is -3.51. The van der Waals surface area contributed by atoms with E-state index < -0.39 is 0 Å². The van der Waals surface area contributed by atoms with Gasteiger partial charge in [0.2, 0.25) is 11.1 Å². The molecule has 3 aromatic carbocycles. The van der Waals surface area contributed by atoms with E-state index in [1.807, 2.05) is 83.8 Å². The van der Waals surface area contributed by atoms with Crippen molar-refractivity contribution >= 4 is 23.4 Å². The molecule has 0 saturated carbocycles. The first-order chi connectivity index (χ1) is 15.7. The Kier molecular flexibility index (Phi) is 5.69. The number of anilines is 1. The summed E-state index contributed by atoms with van der Waals surface area (Å²) in [6, 6.07) is 28.1. The highest BCUT2D eigenvalue weighted by molar-refractivity contribution is 7.99. The zero-order valence-corrected chi connectivity index (χ0v) is 18.5. The average molecular weight is 439 g/mol. The van der Waals surface area contributed by atoms with Crippen LogP contribution in [0, 0.1) is 0 Å². The molecule has 1 aliphatic heterocycles. The van der Waals surface area contributed by atoms with Crippen molar-refractivity contribution in [2.45, 2.75) is 24.5 Å². The fraction of sp³-hybridized carbons (Fsp3) is 0.154. The van der Waals surface area contributed by atoms with Crippen LogP contribution in [0.4, 0.5) is 5.69 Å². The highest BCUT2D eigenvalue weighted by Gasteiger charge is 2.30. The first-order valence-corrected chi connectivity index (χ1v) is 11.6. The Morgan fingerprint density at radius 2 is 1.50 bits per heavy atom. The van der Waals surface area contributed by atoms with Crippen molar-refractivity contribution in [2.24, 2.45) is 0 Å². The zero-order chi connectivity index (χ0) is 21.9. The number of carbonyl (C=O) groups excluding carboxylic acids is 1. The number of fused-ring (bicyclic) bond motifs is 1. The van der Waals surface area contributed by atoms with E-state index in [1.165, 1.54) is 17.3 Å². The Labute approximate surface area is 191 Å². The van der Waals surface area contributed by atoms with Crippen molar-refractivity contribution in [1.82, 2.24) is 15.2 Å². The van der Waals surface area contributed by atoms with E-state index >= 15 is 0 Å². The molecule has 1 amide bonds. The molecule has 0 saturated heterocycles. The van der Waals surface area contributed by atoms with Crippen LogP contribution in [-0.4, -0.2) is 32.9 Å². The largest absolute Gasteiger partial charge is 0.308 e. The van der Waals surface area contributed by atoms with E-state index in [0.29, 0.717) is 5.16 Å². The van der Waals surface area contributed by atoms with Gasteiger partial charge in [-0.05, 0) is 25.0 Å². The molecule has 4 aromatic rings. The van der Waals surface area contributed by atoms with Gasteiger partial charge in [0.1, 0.15) is 11.4 Å². The quantitative estimate of drug-likeness (QED) is 0.397. The third kappa shape index (κ3) is 4.01. The minimum absolute atomic E-state index is 0.0597. The van der Waals surface area contributed by atoms with Gasteiger partial charge < -0.3 is 4.90 Å². The number of amides is 1. The fourth-order valence-corrected chi connectivity index (χ4v) is 4.75. The van der Waals surface area contributed by atoms with Gasteiger partial charge in [0.15, 0.2) is 0 Å². The Morgan fingerprint density at radius 1 is 0.875 bits per heavy atom. The Balaban J connectivity index is 1.41. The molecule has 0 N–H and O–H groups in total. The number of rotatable bonds is 5. The number of hydrogen-bond donors (Lipinski definition) is 0. The maximum atomic E-state index is 13.1. The monoisotopic (exact) mass is 438 g/mol. The summed E-state index contributed by atoms with van der Waals surface area (Å²) in [6.07, 6.45) is 0.883. The van der Waals surface area contributed by atoms with Gasteiger partial charge in [0.25, 0.3) is 0 Å². The summed E-state index contributed by atoms with van der Waals surface area (Å²) in [5, 5.41) is 9.32. The number of hydrogen-bond acceptors (Lipinski definition) is 5. The standard InChI is InChI=1S/C26H22N4OS/c1-18-16-21-14-8-9-15-22(21)30(18)23(31)17-32-26-27-24(19-10-4-2-5-11-19)25(28-29-26)20-12-6-3-7-13-20/h2-15,18H,16-17H2,1H3/t18-/m0/s1. The molecule has 0 unspecified atom stereocenters. The lowest BCUT2D eigenvalue weighted by molar-refractivity contribution is -0.116. The van der Waals surface area contributed by atoms with E-state index in [2.05, 4.69) is 23.2 Å². The average Bonchev–Trinajstić information content (AvgIpc) is 3.19. The smallest absolute Gasteiger partial charge is 0.237 e. The van der Waals surface area contributed by atoms with Crippen molar-refractivity contribution in [1.29, 1.82) is 0 Å². The normalized spacial score (nSPS) is 14.9. The predicted molar refractivity (Wildman–Crippen MR) is 129 cm³/mol. The fourth-order valence-electron chi connectivity index (χ4n) is 4.10. The first kappa shape index (κ1) is 20.4. The maximum Gasteiger partial charge on any atom is 0.237 e. The molecular formula is C26H22N4OS. The lowest BCUT2D eigenvalue weighted by Crippen LogP contribution is -2.37. The van der Waals surface area contributed by atoms with Crippen LogP contribution < -0.4 is 4.90 Å². The van der Waals surface area contributed by atoms with Crippen molar-refractivity contribution in [2.75, 3.05) is 10.7 Å². The van der Waals surface area contributed by atoms with E-state index in [9.17, 15) is 4.79 Å². The highest BCUT2D eigenvalue weighted by atomic mass is 32.2. The van der Waals surface area contributed by atoms with Crippen LogP contribution in [0.5, 0.6) is 0 Å². The van der Waals surface area contributed by atoms with Gasteiger partial charge in [0, 0.05) is 22.9 Å². The molecule has 158 valence electrons. The van der Waals surface area contributed by atoms with E-state index in [4.69, 9.17) is 4.98 Å². The molecule has 5 rings (SSSR count). The van der Waals surface area contributed by atoms with Gasteiger partial charge >= 0.3 is 0 Å². The summed E-state index contributed by atoms with van der Waals surface area (Å²) >= 11 is 1.33. The molecule has 0 aliphatic carbocycles. The van der Waals surface area contributed by atoms with Gasteiger partial charge in [-0.2, -0.15) is 0 Å². The third-order valence-electron chi connectivity index (χ3n) is 5.56. The van der Waals surface area contributed by atoms with Gasteiger partial charge in [-0.15, -0.1) is 10.2 Å². The minimum atomic E-state index is 0.0597. The molecule has 0 radical (unpaired) electrons. The van der Waals surface area contributed by atoms with Crippen molar-refractivity contribution in [3.8, 4) is 22.5 Å². The molecule has 6 heteroatoms. The molecule has 0 spiro atoms. The zero-order valence-electron chi connectivity index (χ0n) is 17.7. The van der Waals surface area contributed by atoms with Crippen molar-refractivity contribution < 1.29 is 4.79 Å². The summed E-state index contributed by atoms with van der Waals surface area (Å²) in [7, 11) is 0. The van der Waals surface area contributed by atoms with Crippen molar-refractivity contribution in [3.05, 3.63) is 90.5 Å². The SMILES string of the molecule is C[C@H]1Cc2ccccc2N1C(=O)CSc1nnc(-c2ccccc2)c(-c2ccccc2)n1. The number of carbonyl (C=O) groups is 1. The summed E-state index contributed by atoms with van der Waals surface area (Å²) in [6.45, 7) is 2.09. The molecule has 0 bridgehead atoms. The van der Waals surface area contributed by atoms with Crippen LogP contribution in [0.3, 0.4) is 0 Å². The molecular weight excluding hydrogens is 416 g/mol. The number of benzene rings is 3. The van der Waals surface area contributed by atoms with Gasteiger partial charge in [0.05, 0.1) is 5.75 Å². The van der Waals surface area contributed by atoms with Crippen LogP contribution in [0.15, 0.2) is 90.1 Å². The van der Waals surface area contributed by atoms with Gasteiger partial charge in [-0.25, -0.2) is 4.98 Å². The van der Waals surface area contributed by atoms with Crippen LogP contribution in [0.25, 0.3) is 22.5 Å². The van der Waals surface area contributed by atoms with Crippen LogP contribution in [0.1, 0.15) is 12.5 Å². The minimum Gasteiger partial charge on any atom is -0.308 e. The number of aromatic nitrogens is 3. The molecule has 5 nitrogen and oxygen atoms in total. The van der Waals surface area contributed by atoms with E-state index in [-0.39, 0.29) is 17.7 Å². The Bertz CT molecular complexity index is 1250. The number of para-hydroxylation sites is 1. The first-order valence-electron chi connectivity index (χ1n) is 10.6. The summed E-state index contributed by atoms with van der Waals surface area (Å²) < 4.78 is 0. The molecule has 2 heterocycles. The number of nitrogens with zero attached hydrogens (tertiary/aromatic N) is 4. The second kappa shape index (κ2) is 8.93. The lowest BCUT2D eigenvalue weighted by atomic mass is 10.0. The summed E-state index contributed by atoms with van der Waals surface area (Å²) in [5.74, 6) is 0.323. The molecule has 32 heavy (non-hydrogen) atoms. The number of thioether (sulfide) groups is 1. The second-order valence-electron chi connectivity index (χ2n) is 7.76. The predicted octanol–water partition coefficient (Wildman–Crippen LogP) is 5.28. The van der Waals surface area contributed by atoms with Gasteiger partial charge in [-0.1, -0.05) is 90.6 Å². The third-order valence-corrected chi connectivity index (χ3v) is 6.38. The lowest BCUT2D eigenvalue weighted by Gasteiger charge is -2.22. The summed E-state index contributed by atoms with van der Waals surface area (Å²) in [4.78, 5) is 19.8. The van der Waals surface area contributed by atoms with Crippen LogP contribution in [-0.2, 0) is 11.2 Å². The molecule has 0 fully saturated rings. The van der Waals surface area contributed by atoms with Crippen molar-refractivity contribution in [3.63, 3.8) is 0 Å². The molecule has 1 aromatic heterocycles. The summed E-state index contributed by atoms with van der Waals surface area (Å²) in [5.41, 5.74) is 5.65. The van der Waals surface area contributed by atoms with E-state index in [0.717, 1.165) is 34.6 Å². The maximum absolute atomic E-state index is 13.1. The van der Waals surface area contributed by atoms with Crippen LogP contribution >= 0.6 is 11.8 Å². The second-order valence-corrected chi connectivity index (χ2v) is 8.70. The molecule has 1 atom stereocenters. The van der Waals surface area contributed by atoms with E-state index in [1.54, 1.807) is 0 Å². The van der Waals surface area contributed by atoms with Crippen LogP contribution in [0.2, 0.25) is 0 Å². The Morgan fingerprint density at radius 3 is 2.22 bits per heavy atom. The van der Waals surface area contributed by atoms with Gasteiger partial charge in [-0.3, -0.25) is 4.79 Å². The molecule has 1 aliphatic rings. The highest BCUT2D eigenvalue weighted by Crippen LogP contribution is 2.33.